The van der Waals surface area contributed by atoms with E-state index in [0.29, 0.717) is 0 Å². The zero-order valence-electron chi connectivity index (χ0n) is 7.02. The molecule has 0 spiro atoms. The third-order valence-electron chi connectivity index (χ3n) is 1.66. The molecule has 58 valence electrons. The summed E-state index contributed by atoms with van der Waals surface area (Å²) in [5.41, 5.74) is 3.55. The highest BCUT2D eigenvalue weighted by Gasteiger charge is 2.20. The zero-order chi connectivity index (χ0) is 7.61. The lowest BCUT2D eigenvalue weighted by Gasteiger charge is -2.36. The monoisotopic (exact) mass is 140 g/mol. The van der Waals surface area contributed by atoms with Crippen molar-refractivity contribution in [1.82, 2.24) is 10.4 Å². The molecule has 0 amide bonds. The quantitative estimate of drug-likeness (QED) is 0.508. The van der Waals surface area contributed by atoms with E-state index in [-0.39, 0.29) is 5.54 Å². The van der Waals surface area contributed by atoms with E-state index in [1.165, 1.54) is 0 Å². The van der Waals surface area contributed by atoms with Crippen molar-refractivity contribution < 1.29 is 0 Å². The average molecular weight is 140 g/mol. The van der Waals surface area contributed by atoms with E-state index in [2.05, 4.69) is 43.4 Å². The van der Waals surface area contributed by atoms with Gasteiger partial charge in [-0.1, -0.05) is 12.2 Å². The van der Waals surface area contributed by atoms with E-state index in [9.17, 15) is 0 Å². The van der Waals surface area contributed by atoms with Crippen LogP contribution in [0.15, 0.2) is 12.2 Å². The van der Waals surface area contributed by atoms with Gasteiger partial charge in [-0.2, -0.15) is 0 Å². The lowest BCUT2D eigenvalue weighted by molar-refractivity contribution is 0.0882. The van der Waals surface area contributed by atoms with Gasteiger partial charge in [-0.15, -0.1) is 0 Å². The summed E-state index contributed by atoms with van der Waals surface area (Å²) in [7, 11) is 0. The molecule has 2 heteroatoms. The fourth-order valence-corrected chi connectivity index (χ4v) is 1.00. The van der Waals surface area contributed by atoms with Crippen molar-refractivity contribution in [1.29, 1.82) is 0 Å². The maximum absolute atomic E-state index is 3.31. The van der Waals surface area contributed by atoms with Gasteiger partial charge in [0.05, 0.1) is 0 Å². The number of hydrazine groups is 1. The van der Waals surface area contributed by atoms with Crippen LogP contribution < -0.4 is 5.43 Å². The first kappa shape index (κ1) is 7.76. The van der Waals surface area contributed by atoms with Gasteiger partial charge >= 0.3 is 0 Å². The highest BCUT2D eigenvalue weighted by Crippen LogP contribution is 2.10. The molecule has 0 aromatic rings. The summed E-state index contributed by atoms with van der Waals surface area (Å²) in [5.74, 6) is 0. The molecule has 1 heterocycles. The van der Waals surface area contributed by atoms with Crippen molar-refractivity contribution in [3.05, 3.63) is 12.2 Å². The van der Waals surface area contributed by atoms with Crippen LogP contribution in [0.2, 0.25) is 0 Å². The van der Waals surface area contributed by atoms with Gasteiger partial charge in [-0.25, -0.2) is 5.01 Å². The molecule has 1 aliphatic heterocycles. The van der Waals surface area contributed by atoms with Crippen molar-refractivity contribution in [3.8, 4) is 0 Å². The van der Waals surface area contributed by atoms with Crippen LogP contribution in [0.5, 0.6) is 0 Å². The molecular formula is C8H16N2. The molecule has 0 radical (unpaired) electrons. The average Bonchev–Trinajstić information content (AvgIpc) is 1.88. The Labute approximate surface area is 62.9 Å². The van der Waals surface area contributed by atoms with Crippen LogP contribution in [0.3, 0.4) is 0 Å². The summed E-state index contributed by atoms with van der Waals surface area (Å²) in [6.07, 6.45) is 4.35. The third kappa shape index (κ3) is 1.82. The lowest BCUT2D eigenvalue weighted by atomic mass is 10.1. The Balaban J connectivity index is 2.49. The Morgan fingerprint density at radius 1 is 1.30 bits per heavy atom. The van der Waals surface area contributed by atoms with E-state index in [0.717, 1.165) is 13.1 Å². The van der Waals surface area contributed by atoms with Crippen LogP contribution in [-0.2, 0) is 0 Å². The van der Waals surface area contributed by atoms with Crippen molar-refractivity contribution in [2.75, 3.05) is 13.1 Å². The number of nitrogens with one attached hydrogen (secondary N) is 1. The molecule has 1 N–H and O–H groups in total. The van der Waals surface area contributed by atoms with Crippen LogP contribution >= 0.6 is 0 Å². The zero-order valence-corrected chi connectivity index (χ0v) is 7.02. The van der Waals surface area contributed by atoms with Crippen LogP contribution in [0.25, 0.3) is 0 Å². The molecule has 2 nitrogen and oxygen atoms in total. The highest BCUT2D eigenvalue weighted by molar-refractivity contribution is 4.93. The molecule has 0 bridgehead atoms. The Kier molecular flexibility index (Phi) is 2.11. The number of hydrogen-bond acceptors (Lipinski definition) is 2. The minimum atomic E-state index is 0.241. The maximum atomic E-state index is 3.31. The van der Waals surface area contributed by atoms with Crippen molar-refractivity contribution in [2.24, 2.45) is 0 Å². The van der Waals surface area contributed by atoms with Gasteiger partial charge in [0.1, 0.15) is 0 Å². The van der Waals surface area contributed by atoms with E-state index < -0.39 is 0 Å². The minimum absolute atomic E-state index is 0.241. The summed E-state index contributed by atoms with van der Waals surface area (Å²) in [6, 6.07) is 0. The number of nitrogens with zero attached hydrogens (tertiary/aromatic N) is 1. The first-order chi connectivity index (χ1) is 4.61. The summed E-state index contributed by atoms with van der Waals surface area (Å²) in [5, 5.41) is 2.24. The maximum Gasteiger partial charge on any atom is 0.0318 e. The summed E-state index contributed by atoms with van der Waals surface area (Å²) in [6.45, 7) is 8.61. The van der Waals surface area contributed by atoms with Crippen molar-refractivity contribution >= 4 is 0 Å². The fourth-order valence-electron chi connectivity index (χ4n) is 1.00. The van der Waals surface area contributed by atoms with Gasteiger partial charge in [0.25, 0.3) is 0 Å². The Morgan fingerprint density at radius 3 is 2.30 bits per heavy atom. The second-order valence-electron chi connectivity index (χ2n) is 3.62. The molecule has 0 aromatic heterocycles. The van der Waals surface area contributed by atoms with Crippen LogP contribution in [0, 0.1) is 0 Å². The Morgan fingerprint density at radius 2 is 2.00 bits per heavy atom. The van der Waals surface area contributed by atoms with Gasteiger partial charge in [0.2, 0.25) is 0 Å². The topological polar surface area (TPSA) is 15.3 Å². The molecule has 0 saturated carbocycles. The molecule has 10 heavy (non-hydrogen) atoms. The molecule has 0 aliphatic carbocycles. The Bertz CT molecular complexity index is 133. The predicted molar refractivity (Wildman–Crippen MR) is 43.6 cm³/mol. The normalized spacial score (nSPS) is 21.5. The van der Waals surface area contributed by atoms with Gasteiger partial charge in [-0.3, -0.25) is 5.43 Å². The van der Waals surface area contributed by atoms with E-state index in [1.807, 2.05) is 0 Å². The van der Waals surface area contributed by atoms with Gasteiger partial charge < -0.3 is 0 Å². The van der Waals surface area contributed by atoms with E-state index >= 15 is 0 Å². The summed E-state index contributed by atoms with van der Waals surface area (Å²) < 4.78 is 0. The van der Waals surface area contributed by atoms with Crippen molar-refractivity contribution in [3.63, 3.8) is 0 Å². The van der Waals surface area contributed by atoms with Gasteiger partial charge in [0, 0.05) is 18.6 Å². The van der Waals surface area contributed by atoms with Gasteiger partial charge in [-0.05, 0) is 20.8 Å². The minimum Gasteiger partial charge on any atom is -0.251 e. The summed E-state index contributed by atoms with van der Waals surface area (Å²) >= 11 is 0. The first-order valence-electron chi connectivity index (χ1n) is 3.77. The molecule has 1 rings (SSSR count). The van der Waals surface area contributed by atoms with E-state index in [4.69, 9.17) is 0 Å². The SMILES string of the molecule is CC(C)(C)N1CC=CCN1. The van der Waals surface area contributed by atoms with E-state index in [1.54, 1.807) is 0 Å². The number of rotatable bonds is 0. The molecule has 0 aromatic carbocycles. The molecular weight excluding hydrogens is 124 g/mol. The summed E-state index contributed by atoms with van der Waals surface area (Å²) in [4.78, 5) is 0. The Hall–Kier alpha value is -0.340. The second-order valence-corrected chi connectivity index (χ2v) is 3.62. The molecule has 0 saturated heterocycles. The predicted octanol–water partition coefficient (Wildman–Crippen LogP) is 1.16. The number of hydrogen-bond donors (Lipinski definition) is 1. The molecule has 0 unspecified atom stereocenters. The van der Waals surface area contributed by atoms with Crippen molar-refractivity contribution in [2.45, 2.75) is 26.3 Å². The van der Waals surface area contributed by atoms with Crippen LogP contribution in [-0.4, -0.2) is 23.6 Å². The second kappa shape index (κ2) is 2.72. The smallest absolute Gasteiger partial charge is 0.0318 e. The van der Waals surface area contributed by atoms with Crippen LogP contribution in [0.1, 0.15) is 20.8 Å². The largest absolute Gasteiger partial charge is 0.251 e. The fraction of sp³-hybridized carbons (Fsp3) is 0.750. The van der Waals surface area contributed by atoms with Gasteiger partial charge in [0.15, 0.2) is 0 Å². The molecule has 1 aliphatic rings. The standard InChI is InChI=1S/C8H16N2/c1-8(2,3)10-7-5-4-6-9-10/h4-5,9H,6-7H2,1-3H3. The molecule has 0 atom stereocenters. The lowest BCUT2D eigenvalue weighted by Crippen LogP contribution is -2.51. The van der Waals surface area contributed by atoms with Crippen LogP contribution in [0.4, 0.5) is 0 Å². The third-order valence-corrected chi connectivity index (χ3v) is 1.66. The highest BCUT2D eigenvalue weighted by atomic mass is 15.5. The first-order valence-corrected chi connectivity index (χ1v) is 3.77. The molecule has 0 fully saturated rings.